The van der Waals surface area contributed by atoms with Crippen LogP contribution in [0.1, 0.15) is 18.5 Å². The van der Waals surface area contributed by atoms with E-state index in [1.165, 1.54) is 0 Å². The Morgan fingerprint density at radius 3 is 2.80 bits per heavy atom. The standard InChI is InChI=1S/C11H11NO3/c1-6(11(14)15)10-5-7-4-8(13)2-3-9(7)12-10/h2-6,12-13H,1H3,(H,14,15). The molecule has 0 fully saturated rings. The number of aliphatic carboxylic acids is 1. The zero-order valence-corrected chi connectivity index (χ0v) is 8.19. The van der Waals surface area contributed by atoms with Crippen LogP contribution < -0.4 is 0 Å². The molecule has 1 aromatic carbocycles. The number of aromatic nitrogens is 1. The van der Waals surface area contributed by atoms with Crippen molar-refractivity contribution < 1.29 is 15.0 Å². The second kappa shape index (κ2) is 3.31. The highest BCUT2D eigenvalue weighted by molar-refractivity contribution is 5.84. The van der Waals surface area contributed by atoms with Gasteiger partial charge in [-0.05, 0) is 31.2 Å². The maximum absolute atomic E-state index is 10.8. The minimum Gasteiger partial charge on any atom is -0.508 e. The monoisotopic (exact) mass is 205 g/mol. The minimum atomic E-state index is -0.870. The summed E-state index contributed by atoms with van der Waals surface area (Å²) in [5, 5.41) is 18.9. The predicted molar refractivity (Wildman–Crippen MR) is 56.0 cm³/mol. The molecule has 0 aliphatic rings. The molecule has 78 valence electrons. The van der Waals surface area contributed by atoms with Crippen molar-refractivity contribution in [1.29, 1.82) is 0 Å². The molecule has 3 N–H and O–H groups in total. The molecule has 1 aromatic heterocycles. The van der Waals surface area contributed by atoms with Gasteiger partial charge in [0.2, 0.25) is 0 Å². The molecule has 4 heteroatoms. The maximum Gasteiger partial charge on any atom is 0.312 e. The van der Waals surface area contributed by atoms with Crippen molar-refractivity contribution in [3.63, 3.8) is 0 Å². The van der Waals surface area contributed by atoms with Crippen molar-refractivity contribution in [2.45, 2.75) is 12.8 Å². The molecule has 1 unspecified atom stereocenters. The molecule has 2 aromatic rings. The Balaban J connectivity index is 2.51. The Kier molecular flexibility index (Phi) is 2.11. The fourth-order valence-corrected chi connectivity index (χ4v) is 1.51. The van der Waals surface area contributed by atoms with E-state index in [0.29, 0.717) is 5.69 Å². The van der Waals surface area contributed by atoms with Gasteiger partial charge < -0.3 is 15.2 Å². The van der Waals surface area contributed by atoms with Gasteiger partial charge in [0.05, 0.1) is 5.92 Å². The summed E-state index contributed by atoms with van der Waals surface area (Å²) in [4.78, 5) is 13.8. The van der Waals surface area contributed by atoms with Gasteiger partial charge in [-0.2, -0.15) is 0 Å². The van der Waals surface area contributed by atoms with Crippen molar-refractivity contribution >= 4 is 16.9 Å². The van der Waals surface area contributed by atoms with E-state index in [2.05, 4.69) is 4.98 Å². The third-order valence-electron chi connectivity index (χ3n) is 2.46. The number of carboxylic acid groups (broad SMARTS) is 1. The highest BCUT2D eigenvalue weighted by Gasteiger charge is 2.15. The number of aromatic hydroxyl groups is 1. The average Bonchev–Trinajstić information content (AvgIpc) is 2.58. The van der Waals surface area contributed by atoms with Gasteiger partial charge >= 0.3 is 5.97 Å². The molecule has 0 saturated heterocycles. The van der Waals surface area contributed by atoms with E-state index < -0.39 is 11.9 Å². The van der Waals surface area contributed by atoms with E-state index in [9.17, 15) is 9.90 Å². The van der Waals surface area contributed by atoms with Crippen molar-refractivity contribution in [1.82, 2.24) is 4.98 Å². The molecule has 0 bridgehead atoms. The molecule has 0 spiro atoms. The summed E-state index contributed by atoms with van der Waals surface area (Å²) in [6.45, 7) is 1.62. The first kappa shape index (κ1) is 9.58. The summed E-state index contributed by atoms with van der Waals surface area (Å²) in [6, 6.07) is 6.63. The lowest BCUT2D eigenvalue weighted by Crippen LogP contribution is -2.07. The van der Waals surface area contributed by atoms with Crippen LogP contribution in [0.3, 0.4) is 0 Å². The molecule has 0 aliphatic carbocycles. The number of rotatable bonds is 2. The quantitative estimate of drug-likeness (QED) is 0.702. The number of carbonyl (C=O) groups is 1. The van der Waals surface area contributed by atoms with E-state index in [4.69, 9.17) is 5.11 Å². The lowest BCUT2D eigenvalue weighted by molar-refractivity contribution is -0.138. The van der Waals surface area contributed by atoms with E-state index in [-0.39, 0.29) is 5.75 Å². The number of phenols is 1. The summed E-state index contributed by atoms with van der Waals surface area (Å²) in [5.41, 5.74) is 1.47. The summed E-state index contributed by atoms with van der Waals surface area (Å²) < 4.78 is 0. The molecule has 15 heavy (non-hydrogen) atoms. The van der Waals surface area contributed by atoms with E-state index in [1.54, 1.807) is 31.2 Å². The van der Waals surface area contributed by atoms with E-state index in [0.717, 1.165) is 10.9 Å². The van der Waals surface area contributed by atoms with Gasteiger partial charge in [-0.1, -0.05) is 0 Å². The molecule has 4 nitrogen and oxygen atoms in total. The molecule has 0 saturated carbocycles. The van der Waals surface area contributed by atoms with Crippen LogP contribution in [0.2, 0.25) is 0 Å². The van der Waals surface area contributed by atoms with Crippen LogP contribution in [0.5, 0.6) is 5.75 Å². The third kappa shape index (κ3) is 1.66. The van der Waals surface area contributed by atoms with Gasteiger partial charge in [-0.3, -0.25) is 4.79 Å². The van der Waals surface area contributed by atoms with Gasteiger partial charge in [-0.15, -0.1) is 0 Å². The number of hydrogen-bond acceptors (Lipinski definition) is 2. The molecule has 0 amide bonds. The van der Waals surface area contributed by atoms with Crippen molar-refractivity contribution in [3.05, 3.63) is 30.0 Å². The molecule has 0 aliphatic heterocycles. The maximum atomic E-state index is 10.8. The van der Waals surface area contributed by atoms with Crippen LogP contribution in [0.25, 0.3) is 10.9 Å². The smallest absolute Gasteiger partial charge is 0.312 e. The summed E-state index contributed by atoms with van der Waals surface area (Å²) in [7, 11) is 0. The molecule has 0 radical (unpaired) electrons. The first-order chi connectivity index (χ1) is 7.08. The first-order valence-corrected chi connectivity index (χ1v) is 4.62. The average molecular weight is 205 g/mol. The predicted octanol–water partition coefficient (Wildman–Crippen LogP) is 2.06. The fraction of sp³-hybridized carbons (Fsp3) is 0.182. The summed E-state index contributed by atoms with van der Waals surface area (Å²) >= 11 is 0. The van der Waals surface area contributed by atoms with Crippen LogP contribution in [0.15, 0.2) is 24.3 Å². The number of fused-ring (bicyclic) bond motifs is 1. The van der Waals surface area contributed by atoms with Crippen LogP contribution in [-0.4, -0.2) is 21.2 Å². The van der Waals surface area contributed by atoms with Crippen LogP contribution >= 0.6 is 0 Å². The number of nitrogens with one attached hydrogen (secondary N) is 1. The molecular formula is C11H11NO3. The highest BCUT2D eigenvalue weighted by atomic mass is 16.4. The summed E-state index contributed by atoms with van der Waals surface area (Å²) in [5.74, 6) is -1.26. The van der Waals surface area contributed by atoms with Gasteiger partial charge in [0.1, 0.15) is 5.75 Å². The lowest BCUT2D eigenvalue weighted by Gasteiger charge is -2.01. The van der Waals surface area contributed by atoms with E-state index >= 15 is 0 Å². The topological polar surface area (TPSA) is 73.3 Å². The number of H-pyrrole nitrogens is 1. The van der Waals surface area contributed by atoms with E-state index in [1.807, 2.05) is 0 Å². The van der Waals surface area contributed by atoms with Crippen LogP contribution in [0.4, 0.5) is 0 Å². The van der Waals surface area contributed by atoms with Crippen molar-refractivity contribution in [2.24, 2.45) is 0 Å². The third-order valence-corrected chi connectivity index (χ3v) is 2.46. The van der Waals surface area contributed by atoms with Gasteiger partial charge in [-0.25, -0.2) is 0 Å². The Bertz CT molecular complexity index is 516. The number of hydrogen-bond donors (Lipinski definition) is 3. The number of carboxylic acids is 1. The fourth-order valence-electron chi connectivity index (χ4n) is 1.51. The van der Waals surface area contributed by atoms with Crippen LogP contribution in [-0.2, 0) is 4.79 Å². The van der Waals surface area contributed by atoms with Gasteiger partial charge in [0.25, 0.3) is 0 Å². The lowest BCUT2D eigenvalue weighted by atomic mass is 10.1. The second-order valence-corrected chi connectivity index (χ2v) is 3.56. The highest BCUT2D eigenvalue weighted by Crippen LogP contribution is 2.24. The molecule has 2 rings (SSSR count). The molecular weight excluding hydrogens is 194 g/mol. The number of benzene rings is 1. The normalized spacial score (nSPS) is 12.9. The Morgan fingerprint density at radius 2 is 2.13 bits per heavy atom. The van der Waals surface area contributed by atoms with Crippen molar-refractivity contribution in [3.8, 4) is 5.75 Å². The SMILES string of the molecule is CC(C(=O)O)c1cc2cc(O)ccc2[nH]1. The Morgan fingerprint density at radius 1 is 1.40 bits per heavy atom. The second-order valence-electron chi connectivity index (χ2n) is 3.56. The van der Waals surface area contributed by atoms with Crippen molar-refractivity contribution in [2.75, 3.05) is 0 Å². The Labute approximate surface area is 86.2 Å². The van der Waals surface area contributed by atoms with Gasteiger partial charge in [0, 0.05) is 16.6 Å². The van der Waals surface area contributed by atoms with Crippen LogP contribution in [0, 0.1) is 0 Å². The van der Waals surface area contributed by atoms with Gasteiger partial charge in [0.15, 0.2) is 0 Å². The minimum absolute atomic E-state index is 0.177. The number of aromatic amines is 1. The summed E-state index contributed by atoms with van der Waals surface area (Å²) in [6.07, 6.45) is 0. The largest absolute Gasteiger partial charge is 0.508 e. The first-order valence-electron chi connectivity index (χ1n) is 4.62. The molecule has 1 heterocycles. The Hall–Kier alpha value is -1.97. The number of phenolic OH excluding ortho intramolecular Hbond substituents is 1. The zero-order valence-electron chi connectivity index (χ0n) is 8.19. The molecule has 1 atom stereocenters. The zero-order chi connectivity index (χ0) is 11.0.